The molecular formula is C11H11F2NO3S. The van der Waals surface area contributed by atoms with E-state index in [9.17, 15) is 17.2 Å². The number of sulfonamides is 1. The standard InChI is InChI=1S/C11H11F2NO3S/c12-11(13)18(16,17)14-10-6-4-9(5-7-10)3-1-2-8-15/h4-7,11,14-15H,2,8H2. The Bertz CT molecular complexity index is 544. The summed E-state index contributed by atoms with van der Waals surface area (Å²) in [6.07, 6.45) is 0.333. The number of aliphatic hydroxyl groups is 1. The maximum absolute atomic E-state index is 12.1. The molecule has 1 aromatic carbocycles. The third-order valence-electron chi connectivity index (χ3n) is 1.85. The Balaban J connectivity index is 2.76. The fourth-order valence-electron chi connectivity index (χ4n) is 1.05. The van der Waals surface area contributed by atoms with Gasteiger partial charge in [0.05, 0.1) is 6.61 Å². The second-order valence-corrected chi connectivity index (χ2v) is 4.91. The van der Waals surface area contributed by atoms with E-state index >= 15 is 0 Å². The van der Waals surface area contributed by atoms with Crippen LogP contribution in [0.5, 0.6) is 0 Å². The van der Waals surface area contributed by atoms with Crippen molar-refractivity contribution in [3.05, 3.63) is 29.8 Å². The molecule has 98 valence electrons. The topological polar surface area (TPSA) is 66.4 Å². The van der Waals surface area contributed by atoms with Crippen molar-refractivity contribution in [2.75, 3.05) is 11.3 Å². The molecule has 7 heteroatoms. The van der Waals surface area contributed by atoms with Crippen LogP contribution in [0.4, 0.5) is 14.5 Å². The molecule has 0 aliphatic carbocycles. The zero-order chi connectivity index (χ0) is 13.6. The van der Waals surface area contributed by atoms with Crippen LogP contribution in [0.1, 0.15) is 12.0 Å². The predicted molar refractivity (Wildman–Crippen MR) is 63.6 cm³/mol. The lowest BCUT2D eigenvalue weighted by Gasteiger charge is -2.06. The minimum Gasteiger partial charge on any atom is -0.395 e. The van der Waals surface area contributed by atoms with Crippen LogP contribution in [-0.2, 0) is 10.0 Å². The van der Waals surface area contributed by atoms with Crippen molar-refractivity contribution in [1.82, 2.24) is 0 Å². The molecule has 0 aromatic heterocycles. The molecule has 1 rings (SSSR count). The van der Waals surface area contributed by atoms with Crippen molar-refractivity contribution in [2.45, 2.75) is 12.2 Å². The largest absolute Gasteiger partial charge is 0.395 e. The van der Waals surface area contributed by atoms with Gasteiger partial charge >= 0.3 is 5.76 Å². The number of hydrogen-bond donors (Lipinski definition) is 2. The SMILES string of the molecule is O=S(=O)(Nc1ccc(C#CCCO)cc1)C(F)F. The zero-order valence-corrected chi connectivity index (χ0v) is 10.0. The zero-order valence-electron chi connectivity index (χ0n) is 9.23. The van der Waals surface area contributed by atoms with E-state index in [1.807, 2.05) is 0 Å². The Morgan fingerprint density at radius 1 is 1.28 bits per heavy atom. The first-order chi connectivity index (χ1) is 8.45. The van der Waals surface area contributed by atoms with Crippen LogP contribution < -0.4 is 4.72 Å². The van der Waals surface area contributed by atoms with Gasteiger partial charge in [-0.1, -0.05) is 11.8 Å². The monoisotopic (exact) mass is 275 g/mol. The van der Waals surface area contributed by atoms with Gasteiger partial charge in [-0.3, -0.25) is 4.72 Å². The van der Waals surface area contributed by atoms with E-state index in [1.54, 1.807) is 4.72 Å². The summed E-state index contributed by atoms with van der Waals surface area (Å²) in [5.41, 5.74) is 0.645. The highest BCUT2D eigenvalue weighted by Crippen LogP contribution is 2.14. The van der Waals surface area contributed by atoms with E-state index in [4.69, 9.17) is 5.11 Å². The molecule has 0 radical (unpaired) electrons. The molecule has 2 N–H and O–H groups in total. The smallest absolute Gasteiger partial charge is 0.355 e. The van der Waals surface area contributed by atoms with Crippen molar-refractivity contribution in [3.8, 4) is 11.8 Å². The number of anilines is 1. The summed E-state index contributed by atoms with van der Waals surface area (Å²) in [4.78, 5) is 0. The average molecular weight is 275 g/mol. The summed E-state index contributed by atoms with van der Waals surface area (Å²) in [5, 5.41) is 8.52. The summed E-state index contributed by atoms with van der Waals surface area (Å²) in [6.45, 7) is -0.0424. The normalized spacial score (nSPS) is 10.9. The van der Waals surface area contributed by atoms with Gasteiger partial charge in [-0.2, -0.15) is 8.78 Å². The van der Waals surface area contributed by atoms with Gasteiger partial charge in [0, 0.05) is 17.7 Å². The third-order valence-corrected chi connectivity index (χ3v) is 2.84. The lowest BCUT2D eigenvalue weighted by molar-refractivity contribution is 0.236. The van der Waals surface area contributed by atoms with Crippen molar-refractivity contribution < 1.29 is 22.3 Å². The number of halogens is 2. The van der Waals surface area contributed by atoms with E-state index in [-0.39, 0.29) is 12.3 Å². The fraction of sp³-hybridized carbons (Fsp3) is 0.273. The minimum absolute atomic E-state index is 0.0424. The number of benzene rings is 1. The minimum atomic E-state index is -4.64. The maximum Gasteiger partial charge on any atom is 0.355 e. The second-order valence-electron chi connectivity index (χ2n) is 3.26. The van der Waals surface area contributed by atoms with Crippen LogP contribution in [0.15, 0.2) is 24.3 Å². The van der Waals surface area contributed by atoms with Crippen molar-refractivity contribution >= 4 is 15.7 Å². The fourth-order valence-corrected chi connectivity index (χ4v) is 1.60. The molecule has 1 aromatic rings. The van der Waals surface area contributed by atoms with E-state index < -0.39 is 15.8 Å². The Morgan fingerprint density at radius 3 is 2.39 bits per heavy atom. The van der Waals surface area contributed by atoms with Crippen LogP contribution in [0, 0.1) is 11.8 Å². The predicted octanol–water partition coefficient (Wildman–Crippen LogP) is 1.38. The Labute approximate surface area is 104 Å². The van der Waals surface area contributed by atoms with Crippen LogP contribution in [0.2, 0.25) is 0 Å². The summed E-state index contributed by atoms with van der Waals surface area (Å²) in [6, 6.07) is 5.66. The highest BCUT2D eigenvalue weighted by molar-refractivity contribution is 7.93. The molecule has 4 nitrogen and oxygen atoms in total. The molecule has 0 saturated heterocycles. The molecule has 0 heterocycles. The molecule has 0 fully saturated rings. The second kappa shape index (κ2) is 6.33. The summed E-state index contributed by atoms with van der Waals surface area (Å²) in [5.74, 6) is 1.93. The van der Waals surface area contributed by atoms with Crippen molar-refractivity contribution in [2.24, 2.45) is 0 Å². The number of aliphatic hydroxyl groups excluding tert-OH is 1. The highest BCUT2D eigenvalue weighted by atomic mass is 32.2. The summed E-state index contributed by atoms with van der Waals surface area (Å²) < 4.78 is 47.7. The molecule has 0 unspecified atom stereocenters. The Kier molecular flexibility index (Phi) is 5.07. The summed E-state index contributed by atoms with van der Waals surface area (Å²) >= 11 is 0. The molecule has 0 spiro atoms. The van der Waals surface area contributed by atoms with Gasteiger partial charge in [-0.05, 0) is 24.3 Å². The molecular weight excluding hydrogens is 264 g/mol. The average Bonchev–Trinajstić information content (AvgIpc) is 2.31. The molecule has 0 atom stereocenters. The third kappa shape index (κ3) is 4.31. The Hall–Kier alpha value is -1.65. The van der Waals surface area contributed by atoms with Gasteiger partial charge in [0.1, 0.15) is 0 Å². The van der Waals surface area contributed by atoms with Crippen LogP contribution in [-0.4, -0.2) is 25.9 Å². The first kappa shape index (κ1) is 14.4. The molecule has 0 aliphatic heterocycles. The van der Waals surface area contributed by atoms with E-state index in [2.05, 4.69) is 11.8 Å². The van der Waals surface area contributed by atoms with Crippen LogP contribution >= 0.6 is 0 Å². The number of alkyl halides is 2. The Morgan fingerprint density at radius 2 is 1.89 bits per heavy atom. The van der Waals surface area contributed by atoms with Gasteiger partial charge in [0.15, 0.2) is 0 Å². The first-order valence-corrected chi connectivity index (χ1v) is 6.50. The van der Waals surface area contributed by atoms with E-state index in [1.165, 1.54) is 24.3 Å². The molecule has 0 saturated carbocycles. The molecule has 18 heavy (non-hydrogen) atoms. The van der Waals surface area contributed by atoms with Gasteiger partial charge in [0.25, 0.3) is 10.0 Å². The highest BCUT2D eigenvalue weighted by Gasteiger charge is 2.23. The molecule has 0 aliphatic rings. The lowest BCUT2D eigenvalue weighted by Crippen LogP contribution is -2.20. The number of hydrogen-bond acceptors (Lipinski definition) is 3. The lowest BCUT2D eigenvalue weighted by atomic mass is 10.2. The van der Waals surface area contributed by atoms with Gasteiger partial charge in [0.2, 0.25) is 0 Å². The van der Waals surface area contributed by atoms with Crippen molar-refractivity contribution in [1.29, 1.82) is 0 Å². The first-order valence-electron chi connectivity index (χ1n) is 4.95. The van der Waals surface area contributed by atoms with Crippen molar-refractivity contribution in [3.63, 3.8) is 0 Å². The summed E-state index contributed by atoms with van der Waals surface area (Å²) in [7, 11) is -4.64. The maximum atomic E-state index is 12.1. The van der Waals surface area contributed by atoms with E-state index in [0.717, 1.165) is 0 Å². The van der Waals surface area contributed by atoms with Crippen LogP contribution in [0.3, 0.4) is 0 Å². The molecule has 0 bridgehead atoms. The van der Waals surface area contributed by atoms with Gasteiger partial charge < -0.3 is 5.11 Å². The number of nitrogens with one attached hydrogen (secondary N) is 1. The molecule has 0 amide bonds. The van der Waals surface area contributed by atoms with Gasteiger partial charge in [-0.15, -0.1) is 0 Å². The van der Waals surface area contributed by atoms with E-state index in [0.29, 0.717) is 12.0 Å². The quantitative estimate of drug-likeness (QED) is 0.816. The number of rotatable bonds is 4. The van der Waals surface area contributed by atoms with Crippen LogP contribution in [0.25, 0.3) is 0 Å². The van der Waals surface area contributed by atoms with Gasteiger partial charge in [-0.25, -0.2) is 8.42 Å².